The summed E-state index contributed by atoms with van der Waals surface area (Å²) in [7, 11) is 5.71. The van der Waals surface area contributed by atoms with Crippen LogP contribution >= 0.6 is 0 Å². The Balaban J connectivity index is 2.24. The Morgan fingerprint density at radius 3 is 2.62 bits per heavy atom. The maximum atomic E-state index is 12.6. The Morgan fingerprint density at radius 2 is 1.90 bits per heavy atom. The van der Waals surface area contributed by atoms with Gasteiger partial charge in [0, 0.05) is 5.56 Å². The zero-order valence-electron chi connectivity index (χ0n) is 11.5. The smallest absolute Gasteiger partial charge is 0.263 e. The van der Waals surface area contributed by atoms with Gasteiger partial charge in [-0.1, -0.05) is 41.9 Å². The summed E-state index contributed by atoms with van der Waals surface area (Å²) in [6.07, 6.45) is -1.06. The molecular weight excluding hydrogens is 263 g/mol. The van der Waals surface area contributed by atoms with Crippen LogP contribution < -0.4 is 11.0 Å². The molecule has 102 valence electrons. The molecule has 0 spiro atoms. The van der Waals surface area contributed by atoms with Gasteiger partial charge in [-0.05, 0) is 19.1 Å². The number of benzene rings is 2. The molecule has 3 aromatic rings. The minimum atomic E-state index is -1.06. The molecule has 4 nitrogen and oxygen atoms in total. The topological polar surface area (TPSA) is 55.1 Å². The first-order valence-corrected chi connectivity index (χ1v) is 6.59. The number of nitrogens with zero attached hydrogens (tertiary/aromatic N) is 2. The Bertz CT molecular complexity index is 859. The fourth-order valence-electron chi connectivity index (χ4n) is 2.39. The average Bonchev–Trinajstić information content (AvgIpc) is 2.47. The first-order valence-electron chi connectivity index (χ1n) is 6.59. The summed E-state index contributed by atoms with van der Waals surface area (Å²) in [6, 6.07) is 14.0. The molecule has 1 heterocycles. The van der Waals surface area contributed by atoms with Gasteiger partial charge in [0.2, 0.25) is 0 Å². The van der Waals surface area contributed by atoms with Gasteiger partial charge in [-0.25, -0.2) is 4.98 Å². The second-order valence-electron chi connectivity index (χ2n) is 4.90. The standard InChI is InChI=1S/C16H13BN2O2/c1-10-18-14-9-12(17)7-8-13(14)16(21)19(10)15(20)11-5-3-2-4-6-11/h2-9,15,20H,1H3. The molecule has 3 rings (SSSR count). The summed E-state index contributed by atoms with van der Waals surface area (Å²) in [6.45, 7) is 1.69. The minimum absolute atomic E-state index is 0.283. The van der Waals surface area contributed by atoms with Gasteiger partial charge < -0.3 is 5.11 Å². The van der Waals surface area contributed by atoms with E-state index in [0.29, 0.717) is 27.8 Å². The molecular formula is C16H13BN2O2. The van der Waals surface area contributed by atoms with Gasteiger partial charge in [-0.15, -0.1) is 0 Å². The van der Waals surface area contributed by atoms with Crippen LogP contribution in [-0.2, 0) is 0 Å². The van der Waals surface area contributed by atoms with E-state index in [1.807, 2.05) is 18.2 Å². The second-order valence-corrected chi connectivity index (χ2v) is 4.90. The lowest BCUT2D eigenvalue weighted by molar-refractivity contribution is 0.139. The fourth-order valence-corrected chi connectivity index (χ4v) is 2.39. The molecule has 0 fully saturated rings. The number of aryl methyl sites for hydroxylation is 1. The number of aromatic nitrogens is 2. The van der Waals surface area contributed by atoms with Crippen molar-refractivity contribution in [1.29, 1.82) is 0 Å². The Kier molecular flexibility index (Phi) is 3.35. The average molecular weight is 276 g/mol. The van der Waals surface area contributed by atoms with E-state index in [1.54, 1.807) is 37.3 Å². The van der Waals surface area contributed by atoms with E-state index in [-0.39, 0.29) is 5.56 Å². The van der Waals surface area contributed by atoms with Gasteiger partial charge in [0.05, 0.1) is 10.9 Å². The van der Waals surface area contributed by atoms with Crippen molar-refractivity contribution < 1.29 is 5.11 Å². The zero-order valence-corrected chi connectivity index (χ0v) is 11.5. The fraction of sp³-hybridized carbons (Fsp3) is 0.125. The van der Waals surface area contributed by atoms with Crippen molar-refractivity contribution in [2.24, 2.45) is 0 Å². The molecule has 5 heteroatoms. The molecule has 0 aliphatic carbocycles. The molecule has 1 aromatic heterocycles. The van der Waals surface area contributed by atoms with Gasteiger partial charge in [0.25, 0.3) is 5.56 Å². The summed E-state index contributed by atoms with van der Waals surface area (Å²) < 4.78 is 1.29. The van der Waals surface area contributed by atoms with E-state index in [0.717, 1.165) is 0 Å². The Labute approximate surface area is 123 Å². The quantitative estimate of drug-likeness (QED) is 0.711. The molecule has 21 heavy (non-hydrogen) atoms. The molecule has 1 unspecified atom stereocenters. The summed E-state index contributed by atoms with van der Waals surface area (Å²) in [4.78, 5) is 17.0. The molecule has 0 aliphatic rings. The van der Waals surface area contributed by atoms with Crippen molar-refractivity contribution in [1.82, 2.24) is 9.55 Å². The number of hydrogen-bond donors (Lipinski definition) is 1. The maximum Gasteiger partial charge on any atom is 0.263 e. The molecule has 0 aliphatic heterocycles. The van der Waals surface area contributed by atoms with Crippen LogP contribution in [0.3, 0.4) is 0 Å². The maximum absolute atomic E-state index is 12.6. The number of fused-ring (bicyclic) bond motifs is 1. The molecule has 1 atom stereocenters. The molecule has 0 amide bonds. The Hall–Kier alpha value is -2.40. The van der Waals surface area contributed by atoms with Crippen LogP contribution in [0.15, 0.2) is 53.3 Å². The summed E-state index contributed by atoms with van der Waals surface area (Å²) >= 11 is 0. The first kappa shape index (κ1) is 13.6. The number of hydrogen-bond acceptors (Lipinski definition) is 3. The second kappa shape index (κ2) is 5.18. The predicted molar refractivity (Wildman–Crippen MR) is 82.9 cm³/mol. The molecule has 0 saturated heterocycles. The van der Waals surface area contributed by atoms with Gasteiger partial charge in [-0.2, -0.15) is 0 Å². The van der Waals surface area contributed by atoms with Gasteiger partial charge in [-0.3, -0.25) is 9.36 Å². The third kappa shape index (κ3) is 2.36. The molecule has 0 saturated carbocycles. The minimum Gasteiger partial charge on any atom is -0.369 e. The lowest BCUT2D eigenvalue weighted by Crippen LogP contribution is -2.29. The van der Waals surface area contributed by atoms with Crippen molar-refractivity contribution in [2.75, 3.05) is 0 Å². The Morgan fingerprint density at radius 1 is 1.19 bits per heavy atom. The lowest BCUT2D eigenvalue weighted by Gasteiger charge is -2.17. The molecule has 2 radical (unpaired) electrons. The summed E-state index contributed by atoms with van der Waals surface area (Å²) in [5.41, 5.74) is 1.44. The highest BCUT2D eigenvalue weighted by molar-refractivity contribution is 6.33. The SMILES string of the molecule is [B]c1ccc2c(=O)n(C(O)c3ccccc3)c(C)nc2c1. The van der Waals surface area contributed by atoms with Crippen LogP contribution in [0.4, 0.5) is 0 Å². The van der Waals surface area contributed by atoms with E-state index in [9.17, 15) is 9.90 Å². The van der Waals surface area contributed by atoms with Crippen molar-refractivity contribution in [3.05, 3.63) is 70.3 Å². The zero-order chi connectivity index (χ0) is 15.0. The van der Waals surface area contributed by atoms with Crippen LogP contribution in [-0.4, -0.2) is 22.5 Å². The van der Waals surface area contributed by atoms with E-state index in [1.165, 1.54) is 4.57 Å². The summed E-state index contributed by atoms with van der Waals surface area (Å²) in [5.74, 6) is 0.439. The van der Waals surface area contributed by atoms with Crippen LogP contribution in [0.2, 0.25) is 0 Å². The number of rotatable bonds is 2. The normalized spacial score (nSPS) is 12.5. The largest absolute Gasteiger partial charge is 0.369 e. The monoisotopic (exact) mass is 276 g/mol. The lowest BCUT2D eigenvalue weighted by atomic mass is 9.95. The van der Waals surface area contributed by atoms with Gasteiger partial charge >= 0.3 is 0 Å². The van der Waals surface area contributed by atoms with E-state index < -0.39 is 6.23 Å². The highest BCUT2D eigenvalue weighted by Gasteiger charge is 2.16. The van der Waals surface area contributed by atoms with Gasteiger partial charge in [0.1, 0.15) is 13.7 Å². The van der Waals surface area contributed by atoms with Crippen LogP contribution in [0.5, 0.6) is 0 Å². The summed E-state index contributed by atoms with van der Waals surface area (Å²) in [5, 5.41) is 10.9. The van der Waals surface area contributed by atoms with Gasteiger partial charge in [0.15, 0.2) is 6.23 Å². The van der Waals surface area contributed by atoms with E-state index in [2.05, 4.69) is 4.98 Å². The highest BCUT2D eigenvalue weighted by Crippen LogP contribution is 2.16. The predicted octanol–water partition coefficient (Wildman–Crippen LogP) is 1.04. The first-order chi connectivity index (χ1) is 10.1. The van der Waals surface area contributed by atoms with Crippen LogP contribution in [0, 0.1) is 6.92 Å². The number of aliphatic hydroxyl groups excluding tert-OH is 1. The molecule has 2 aromatic carbocycles. The van der Waals surface area contributed by atoms with E-state index >= 15 is 0 Å². The highest BCUT2D eigenvalue weighted by atomic mass is 16.3. The van der Waals surface area contributed by atoms with Crippen molar-refractivity contribution >= 4 is 24.2 Å². The third-order valence-corrected chi connectivity index (χ3v) is 3.44. The van der Waals surface area contributed by atoms with Crippen LogP contribution in [0.1, 0.15) is 17.6 Å². The van der Waals surface area contributed by atoms with Crippen molar-refractivity contribution in [2.45, 2.75) is 13.2 Å². The number of aliphatic hydroxyl groups is 1. The molecule has 0 bridgehead atoms. The van der Waals surface area contributed by atoms with Crippen LogP contribution in [0.25, 0.3) is 10.9 Å². The van der Waals surface area contributed by atoms with Crippen molar-refractivity contribution in [3.8, 4) is 0 Å². The van der Waals surface area contributed by atoms with Crippen molar-refractivity contribution in [3.63, 3.8) is 0 Å². The third-order valence-electron chi connectivity index (χ3n) is 3.44. The van der Waals surface area contributed by atoms with E-state index in [4.69, 9.17) is 7.85 Å². The molecule has 1 N–H and O–H groups in total.